The highest BCUT2D eigenvalue weighted by atomic mass is 16.5. The lowest BCUT2D eigenvalue weighted by molar-refractivity contribution is -0.112. The minimum absolute atomic E-state index is 0.0638. The van der Waals surface area contributed by atoms with Crippen molar-refractivity contribution in [2.45, 2.75) is 45.6 Å². The molecular formula is C25H29N3O2. The average molecular weight is 404 g/mol. The minimum atomic E-state index is -0.435. The number of nitrogens with zero attached hydrogens (tertiary/aromatic N) is 2. The fourth-order valence-electron chi connectivity index (χ4n) is 4.03. The van der Waals surface area contributed by atoms with Gasteiger partial charge in [0.2, 0.25) is 0 Å². The van der Waals surface area contributed by atoms with Gasteiger partial charge in [-0.25, -0.2) is 0 Å². The van der Waals surface area contributed by atoms with E-state index in [0.717, 1.165) is 12.0 Å². The number of anilines is 2. The Hall–Kier alpha value is -3.26. The van der Waals surface area contributed by atoms with E-state index < -0.39 is 5.91 Å². The van der Waals surface area contributed by atoms with Crippen molar-refractivity contribution in [1.82, 2.24) is 0 Å². The molecule has 0 saturated heterocycles. The normalized spacial score (nSPS) is 17.7. The van der Waals surface area contributed by atoms with Crippen LogP contribution in [0.2, 0.25) is 0 Å². The SMILES string of the molecule is CCOc1cccc(NC(=O)/C(C#N)=C/c2ccc3c(c2)C(C)CC(C)(C)N3C)c1. The third-order valence-electron chi connectivity index (χ3n) is 5.74. The number of nitrogens with one attached hydrogen (secondary N) is 1. The van der Waals surface area contributed by atoms with Crippen molar-refractivity contribution < 1.29 is 9.53 Å². The molecule has 0 spiro atoms. The summed E-state index contributed by atoms with van der Waals surface area (Å²) in [5, 5.41) is 12.3. The van der Waals surface area contributed by atoms with E-state index in [-0.39, 0.29) is 11.1 Å². The highest BCUT2D eigenvalue weighted by Gasteiger charge is 2.33. The van der Waals surface area contributed by atoms with Crippen LogP contribution in [0.1, 0.15) is 51.2 Å². The molecule has 0 aliphatic carbocycles. The molecule has 1 heterocycles. The van der Waals surface area contributed by atoms with Crippen LogP contribution in [0.15, 0.2) is 48.0 Å². The summed E-state index contributed by atoms with van der Waals surface area (Å²) in [4.78, 5) is 15.0. The van der Waals surface area contributed by atoms with E-state index in [1.807, 2.05) is 25.1 Å². The van der Waals surface area contributed by atoms with Crippen LogP contribution in [-0.2, 0) is 4.79 Å². The van der Waals surface area contributed by atoms with Crippen LogP contribution in [0.3, 0.4) is 0 Å². The summed E-state index contributed by atoms with van der Waals surface area (Å²) < 4.78 is 5.46. The van der Waals surface area contributed by atoms with Crippen molar-refractivity contribution in [2.75, 3.05) is 23.9 Å². The number of carbonyl (C=O) groups is 1. The van der Waals surface area contributed by atoms with Gasteiger partial charge in [-0.3, -0.25) is 4.79 Å². The first-order chi connectivity index (χ1) is 14.2. The van der Waals surface area contributed by atoms with Crippen molar-refractivity contribution in [1.29, 1.82) is 5.26 Å². The number of nitriles is 1. The molecule has 1 amide bonds. The quantitative estimate of drug-likeness (QED) is 0.540. The van der Waals surface area contributed by atoms with Crippen LogP contribution < -0.4 is 15.0 Å². The van der Waals surface area contributed by atoms with Gasteiger partial charge in [-0.2, -0.15) is 5.26 Å². The van der Waals surface area contributed by atoms with Gasteiger partial charge in [0, 0.05) is 30.0 Å². The first-order valence-electron chi connectivity index (χ1n) is 10.3. The van der Waals surface area contributed by atoms with E-state index in [2.05, 4.69) is 50.2 Å². The van der Waals surface area contributed by atoms with Gasteiger partial charge >= 0.3 is 0 Å². The molecule has 0 saturated carbocycles. The van der Waals surface area contributed by atoms with E-state index >= 15 is 0 Å². The van der Waals surface area contributed by atoms with Gasteiger partial charge in [0.25, 0.3) is 5.91 Å². The number of amides is 1. The van der Waals surface area contributed by atoms with Gasteiger partial charge in [0.05, 0.1) is 6.61 Å². The van der Waals surface area contributed by atoms with Gasteiger partial charge in [-0.05, 0) is 74.6 Å². The van der Waals surface area contributed by atoms with Crippen molar-refractivity contribution in [3.8, 4) is 11.8 Å². The molecule has 2 aromatic rings. The van der Waals surface area contributed by atoms with E-state index in [0.29, 0.717) is 24.0 Å². The Balaban J connectivity index is 1.85. The summed E-state index contributed by atoms with van der Waals surface area (Å²) in [5.41, 5.74) is 4.05. The maximum absolute atomic E-state index is 12.7. The lowest BCUT2D eigenvalue weighted by atomic mass is 9.80. The van der Waals surface area contributed by atoms with Crippen molar-refractivity contribution in [3.63, 3.8) is 0 Å². The first-order valence-corrected chi connectivity index (χ1v) is 10.3. The molecule has 1 atom stereocenters. The van der Waals surface area contributed by atoms with E-state index in [1.165, 1.54) is 11.3 Å². The van der Waals surface area contributed by atoms with Crippen LogP contribution in [0.5, 0.6) is 5.75 Å². The fourth-order valence-corrected chi connectivity index (χ4v) is 4.03. The van der Waals surface area contributed by atoms with Gasteiger partial charge in [0.1, 0.15) is 17.4 Å². The number of benzene rings is 2. The molecule has 3 rings (SSSR count). The maximum atomic E-state index is 12.7. The molecule has 1 N–H and O–H groups in total. The van der Waals surface area contributed by atoms with Crippen LogP contribution in [0, 0.1) is 11.3 Å². The molecule has 30 heavy (non-hydrogen) atoms. The third kappa shape index (κ3) is 4.49. The molecule has 0 bridgehead atoms. The summed E-state index contributed by atoms with van der Waals surface area (Å²) in [7, 11) is 2.12. The Morgan fingerprint density at radius 3 is 2.80 bits per heavy atom. The number of hydrogen-bond donors (Lipinski definition) is 1. The topological polar surface area (TPSA) is 65.4 Å². The Kier molecular flexibility index (Phi) is 6.17. The lowest BCUT2D eigenvalue weighted by Gasteiger charge is -2.45. The summed E-state index contributed by atoms with van der Waals surface area (Å²) in [5.74, 6) is 0.642. The van der Waals surface area contributed by atoms with E-state index in [4.69, 9.17) is 4.74 Å². The van der Waals surface area contributed by atoms with E-state index in [1.54, 1.807) is 24.3 Å². The van der Waals surface area contributed by atoms with Gasteiger partial charge in [-0.1, -0.05) is 19.1 Å². The van der Waals surface area contributed by atoms with Crippen LogP contribution in [0.4, 0.5) is 11.4 Å². The minimum Gasteiger partial charge on any atom is -0.494 e. The van der Waals surface area contributed by atoms with E-state index in [9.17, 15) is 10.1 Å². The summed E-state index contributed by atoms with van der Waals surface area (Å²) in [6, 6.07) is 15.3. The molecule has 1 aliphatic heterocycles. The van der Waals surface area contributed by atoms with Crippen molar-refractivity contribution in [3.05, 3.63) is 59.2 Å². The lowest BCUT2D eigenvalue weighted by Crippen LogP contribution is -2.45. The Morgan fingerprint density at radius 1 is 1.33 bits per heavy atom. The molecular weight excluding hydrogens is 374 g/mol. The molecule has 0 radical (unpaired) electrons. The number of fused-ring (bicyclic) bond motifs is 1. The largest absolute Gasteiger partial charge is 0.494 e. The van der Waals surface area contributed by atoms with Crippen LogP contribution in [0.25, 0.3) is 6.08 Å². The number of hydrogen-bond acceptors (Lipinski definition) is 4. The Labute approximate surface area is 179 Å². The highest BCUT2D eigenvalue weighted by Crippen LogP contribution is 2.42. The molecule has 0 fully saturated rings. The maximum Gasteiger partial charge on any atom is 0.266 e. The number of carbonyl (C=O) groups excluding carboxylic acids is 1. The average Bonchev–Trinajstić information content (AvgIpc) is 2.70. The van der Waals surface area contributed by atoms with Crippen LogP contribution >= 0.6 is 0 Å². The third-order valence-corrected chi connectivity index (χ3v) is 5.74. The predicted molar refractivity (Wildman–Crippen MR) is 122 cm³/mol. The smallest absolute Gasteiger partial charge is 0.266 e. The standard InChI is InChI=1S/C25H29N3O2/c1-6-30-21-9-7-8-20(14-21)27-24(29)19(16-26)12-18-10-11-23-22(13-18)17(2)15-25(3,4)28(23)5/h7-14,17H,6,15H2,1-5H3,(H,27,29)/b19-12+. The molecule has 5 heteroatoms. The van der Waals surface area contributed by atoms with Crippen LogP contribution in [-0.4, -0.2) is 25.1 Å². The summed E-state index contributed by atoms with van der Waals surface area (Å²) >= 11 is 0. The second-order valence-corrected chi connectivity index (χ2v) is 8.38. The molecule has 1 aliphatic rings. The number of ether oxygens (including phenoxy) is 1. The van der Waals surface area contributed by atoms with Gasteiger partial charge in [0.15, 0.2) is 0 Å². The zero-order chi connectivity index (χ0) is 21.9. The molecule has 0 aromatic heterocycles. The van der Waals surface area contributed by atoms with Gasteiger partial charge < -0.3 is 15.0 Å². The van der Waals surface area contributed by atoms with Gasteiger partial charge in [-0.15, -0.1) is 0 Å². The molecule has 5 nitrogen and oxygen atoms in total. The highest BCUT2D eigenvalue weighted by molar-refractivity contribution is 6.09. The fraction of sp³-hybridized carbons (Fsp3) is 0.360. The second-order valence-electron chi connectivity index (χ2n) is 8.38. The predicted octanol–water partition coefficient (Wildman–Crippen LogP) is 5.35. The van der Waals surface area contributed by atoms with Crippen molar-refractivity contribution in [2.24, 2.45) is 0 Å². The first kappa shape index (κ1) is 21.4. The summed E-state index contributed by atoms with van der Waals surface area (Å²) in [6.07, 6.45) is 2.69. The molecule has 156 valence electrons. The molecule has 1 unspecified atom stereocenters. The Morgan fingerprint density at radius 2 is 2.10 bits per heavy atom. The zero-order valence-corrected chi connectivity index (χ0v) is 18.3. The summed E-state index contributed by atoms with van der Waals surface area (Å²) in [6.45, 7) is 9.17. The van der Waals surface area contributed by atoms with Crippen molar-refractivity contribution >= 4 is 23.4 Å². The zero-order valence-electron chi connectivity index (χ0n) is 18.3. The Bertz CT molecular complexity index is 1020. The second kappa shape index (κ2) is 8.62. The molecule has 2 aromatic carbocycles. The number of rotatable bonds is 5. The monoisotopic (exact) mass is 403 g/mol.